The highest BCUT2D eigenvalue weighted by molar-refractivity contribution is 9.10. The number of anilines is 1. The second kappa shape index (κ2) is 5.30. The Morgan fingerprint density at radius 3 is 2.89 bits per heavy atom. The molecule has 2 heterocycles. The van der Waals surface area contributed by atoms with Gasteiger partial charge in [-0.1, -0.05) is 19.0 Å². The maximum absolute atomic E-state index is 12.1. The van der Waals surface area contributed by atoms with E-state index in [0.717, 1.165) is 0 Å². The van der Waals surface area contributed by atoms with Crippen LogP contribution in [0.3, 0.4) is 0 Å². The van der Waals surface area contributed by atoms with Gasteiger partial charge in [0.15, 0.2) is 5.76 Å². The van der Waals surface area contributed by atoms with Crippen LogP contribution in [0.5, 0.6) is 0 Å². The molecular formula is C12H12BrN3O2. The summed E-state index contributed by atoms with van der Waals surface area (Å²) in [5.74, 6) is 0.589. The van der Waals surface area contributed by atoms with Crippen LogP contribution in [-0.4, -0.2) is 16.0 Å². The Labute approximate surface area is 113 Å². The van der Waals surface area contributed by atoms with E-state index in [9.17, 15) is 4.79 Å². The molecule has 0 aliphatic carbocycles. The van der Waals surface area contributed by atoms with Crippen LogP contribution in [0, 0.1) is 0 Å². The van der Waals surface area contributed by atoms with Gasteiger partial charge in [0.2, 0.25) is 0 Å². The van der Waals surface area contributed by atoms with Crippen LogP contribution < -0.4 is 5.32 Å². The molecule has 0 atom stereocenters. The van der Waals surface area contributed by atoms with Crippen LogP contribution in [-0.2, 0) is 0 Å². The SMILES string of the molecule is CC(C)c1oncc1NC(=O)c1ccncc1Br. The van der Waals surface area contributed by atoms with Gasteiger partial charge in [0.1, 0.15) is 5.69 Å². The number of rotatable bonds is 3. The summed E-state index contributed by atoms with van der Waals surface area (Å²) in [6.07, 6.45) is 4.64. The van der Waals surface area contributed by atoms with Crippen LogP contribution >= 0.6 is 15.9 Å². The Morgan fingerprint density at radius 1 is 1.44 bits per heavy atom. The van der Waals surface area contributed by atoms with Gasteiger partial charge in [-0.25, -0.2) is 0 Å². The van der Waals surface area contributed by atoms with Crippen molar-refractivity contribution in [2.45, 2.75) is 19.8 Å². The fraction of sp³-hybridized carbons (Fsp3) is 0.250. The first-order chi connectivity index (χ1) is 8.59. The van der Waals surface area contributed by atoms with E-state index in [-0.39, 0.29) is 11.8 Å². The van der Waals surface area contributed by atoms with Gasteiger partial charge in [0.25, 0.3) is 5.91 Å². The number of pyridine rings is 1. The van der Waals surface area contributed by atoms with E-state index < -0.39 is 0 Å². The van der Waals surface area contributed by atoms with Crippen molar-refractivity contribution in [1.82, 2.24) is 10.1 Å². The molecular weight excluding hydrogens is 298 g/mol. The third-order valence-corrected chi connectivity index (χ3v) is 3.02. The van der Waals surface area contributed by atoms with E-state index in [0.29, 0.717) is 21.5 Å². The molecule has 0 fully saturated rings. The van der Waals surface area contributed by atoms with Gasteiger partial charge >= 0.3 is 0 Å². The first kappa shape index (κ1) is 12.8. The van der Waals surface area contributed by atoms with Crippen LogP contribution in [0.25, 0.3) is 0 Å². The first-order valence-corrected chi connectivity index (χ1v) is 6.24. The van der Waals surface area contributed by atoms with E-state index in [1.165, 1.54) is 6.20 Å². The number of hydrogen-bond donors (Lipinski definition) is 1. The number of carbonyl (C=O) groups is 1. The molecule has 2 aromatic heterocycles. The minimum atomic E-state index is -0.227. The van der Waals surface area contributed by atoms with Crippen molar-refractivity contribution in [2.75, 3.05) is 5.32 Å². The topological polar surface area (TPSA) is 68.0 Å². The fourth-order valence-corrected chi connectivity index (χ4v) is 1.94. The molecule has 1 amide bonds. The number of carbonyl (C=O) groups excluding carboxylic acids is 1. The summed E-state index contributed by atoms with van der Waals surface area (Å²) in [7, 11) is 0. The lowest BCUT2D eigenvalue weighted by molar-refractivity contribution is 0.102. The molecule has 1 N–H and O–H groups in total. The number of nitrogens with one attached hydrogen (secondary N) is 1. The third kappa shape index (κ3) is 2.59. The molecule has 0 aromatic carbocycles. The Morgan fingerprint density at radius 2 is 2.22 bits per heavy atom. The third-order valence-electron chi connectivity index (χ3n) is 2.39. The molecule has 6 heteroatoms. The molecule has 0 spiro atoms. The minimum Gasteiger partial charge on any atom is -0.359 e. The highest BCUT2D eigenvalue weighted by Gasteiger charge is 2.16. The molecule has 2 rings (SSSR count). The van der Waals surface area contributed by atoms with Gasteiger partial charge in [0, 0.05) is 22.8 Å². The second-order valence-corrected chi connectivity index (χ2v) is 4.92. The lowest BCUT2D eigenvalue weighted by Crippen LogP contribution is -2.13. The van der Waals surface area contributed by atoms with Crippen molar-refractivity contribution in [1.29, 1.82) is 0 Å². The maximum Gasteiger partial charge on any atom is 0.257 e. The van der Waals surface area contributed by atoms with Crippen LogP contribution in [0.1, 0.15) is 35.9 Å². The van der Waals surface area contributed by atoms with Crippen molar-refractivity contribution < 1.29 is 9.32 Å². The van der Waals surface area contributed by atoms with E-state index >= 15 is 0 Å². The van der Waals surface area contributed by atoms with E-state index in [1.54, 1.807) is 18.5 Å². The molecule has 94 valence electrons. The zero-order valence-electron chi connectivity index (χ0n) is 9.98. The quantitative estimate of drug-likeness (QED) is 0.945. The van der Waals surface area contributed by atoms with Gasteiger partial charge in [-0.2, -0.15) is 0 Å². The van der Waals surface area contributed by atoms with E-state index in [4.69, 9.17) is 4.52 Å². The van der Waals surface area contributed by atoms with Gasteiger partial charge < -0.3 is 9.84 Å². The summed E-state index contributed by atoms with van der Waals surface area (Å²) >= 11 is 3.29. The average Bonchev–Trinajstić information content (AvgIpc) is 2.77. The average molecular weight is 310 g/mol. The van der Waals surface area contributed by atoms with Gasteiger partial charge in [-0.05, 0) is 22.0 Å². The molecule has 0 bridgehead atoms. The summed E-state index contributed by atoms with van der Waals surface area (Å²) in [5, 5.41) is 6.47. The van der Waals surface area contributed by atoms with Crippen molar-refractivity contribution in [3.8, 4) is 0 Å². The lowest BCUT2D eigenvalue weighted by Gasteiger charge is -2.07. The van der Waals surface area contributed by atoms with Crippen molar-refractivity contribution in [2.24, 2.45) is 0 Å². The Bertz CT molecular complexity index is 566. The maximum atomic E-state index is 12.1. The molecule has 0 radical (unpaired) electrons. The smallest absolute Gasteiger partial charge is 0.257 e. The zero-order valence-corrected chi connectivity index (χ0v) is 11.6. The Hall–Kier alpha value is -1.69. The summed E-state index contributed by atoms with van der Waals surface area (Å²) in [5.41, 5.74) is 1.11. The summed E-state index contributed by atoms with van der Waals surface area (Å²) in [4.78, 5) is 16.0. The summed E-state index contributed by atoms with van der Waals surface area (Å²) < 4.78 is 5.75. The number of amides is 1. The second-order valence-electron chi connectivity index (χ2n) is 4.07. The Kier molecular flexibility index (Phi) is 3.76. The highest BCUT2D eigenvalue weighted by atomic mass is 79.9. The zero-order chi connectivity index (χ0) is 13.1. The first-order valence-electron chi connectivity index (χ1n) is 5.45. The largest absolute Gasteiger partial charge is 0.359 e. The minimum absolute atomic E-state index is 0.156. The molecule has 0 saturated carbocycles. The van der Waals surface area contributed by atoms with Crippen LogP contribution in [0.2, 0.25) is 0 Å². The molecule has 2 aromatic rings. The van der Waals surface area contributed by atoms with Crippen molar-refractivity contribution in [3.05, 3.63) is 40.5 Å². The van der Waals surface area contributed by atoms with Crippen molar-refractivity contribution >= 4 is 27.5 Å². The molecule has 0 aliphatic heterocycles. The number of halogens is 1. The monoisotopic (exact) mass is 309 g/mol. The highest BCUT2D eigenvalue weighted by Crippen LogP contribution is 2.24. The number of hydrogen-bond acceptors (Lipinski definition) is 4. The van der Waals surface area contributed by atoms with Gasteiger partial charge in [-0.15, -0.1) is 0 Å². The molecule has 5 nitrogen and oxygen atoms in total. The Balaban J connectivity index is 2.22. The molecule has 0 unspecified atom stereocenters. The van der Waals surface area contributed by atoms with Crippen LogP contribution in [0.15, 0.2) is 33.7 Å². The molecule has 0 saturated heterocycles. The van der Waals surface area contributed by atoms with E-state index in [2.05, 4.69) is 31.4 Å². The van der Waals surface area contributed by atoms with Crippen molar-refractivity contribution in [3.63, 3.8) is 0 Å². The van der Waals surface area contributed by atoms with E-state index in [1.807, 2.05) is 13.8 Å². The van der Waals surface area contributed by atoms with Gasteiger partial charge in [-0.3, -0.25) is 9.78 Å². The fourth-order valence-electron chi connectivity index (χ4n) is 1.51. The summed E-state index contributed by atoms with van der Waals surface area (Å²) in [6, 6.07) is 1.64. The van der Waals surface area contributed by atoms with Crippen LogP contribution in [0.4, 0.5) is 5.69 Å². The van der Waals surface area contributed by atoms with Gasteiger partial charge in [0.05, 0.1) is 11.8 Å². The predicted octanol–water partition coefficient (Wildman–Crippen LogP) is 3.21. The normalized spacial score (nSPS) is 10.7. The molecule has 0 aliphatic rings. The molecule has 18 heavy (non-hydrogen) atoms. The predicted molar refractivity (Wildman–Crippen MR) is 70.5 cm³/mol. The lowest BCUT2D eigenvalue weighted by atomic mass is 10.1. The number of aromatic nitrogens is 2. The standard InChI is InChI=1S/C12H12BrN3O2/c1-7(2)11-10(6-15-18-11)16-12(17)8-3-4-14-5-9(8)13/h3-7H,1-2H3,(H,16,17). The summed E-state index contributed by atoms with van der Waals surface area (Å²) in [6.45, 7) is 3.94. The number of nitrogens with zero attached hydrogens (tertiary/aromatic N) is 2.